The summed E-state index contributed by atoms with van der Waals surface area (Å²) in [6.07, 6.45) is 3.96. The first kappa shape index (κ1) is 10.6. The second-order valence-electron chi connectivity index (χ2n) is 4.85. The molecule has 0 aliphatic heterocycles. The van der Waals surface area contributed by atoms with Crippen LogP contribution < -0.4 is 0 Å². The molecule has 0 amide bonds. The topological polar surface area (TPSA) is 3.24 Å². The Kier molecular flexibility index (Phi) is 3.05. The van der Waals surface area contributed by atoms with Crippen LogP contribution in [0.5, 0.6) is 0 Å². The molecule has 1 nitrogen and oxygen atoms in total. The van der Waals surface area contributed by atoms with E-state index in [0.717, 1.165) is 12.5 Å². The van der Waals surface area contributed by atoms with Crippen LogP contribution >= 0.6 is 0 Å². The van der Waals surface area contributed by atoms with Crippen LogP contribution in [0.2, 0.25) is 0 Å². The molecule has 0 radical (unpaired) electrons. The Bertz CT molecular complexity index is 189. The Morgan fingerprint density at radius 2 is 2.00 bits per heavy atom. The lowest BCUT2D eigenvalue weighted by Gasteiger charge is -2.29. The molecule has 0 aromatic heterocycles. The lowest BCUT2D eigenvalue weighted by Crippen LogP contribution is -2.27. The van der Waals surface area contributed by atoms with Gasteiger partial charge in [-0.05, 0) is 25.2 Å². The summed E-state index contributed by atoms with van der Waals surface area (Å²) in [5.41, 5.74) is 1.85. The molecule has 1 aliphatic rings. The third-order valence-corrected chi connectivity index (χ3v) is 3.24. The van der Waals surface area contributed by atoms with Crippen molar-refractivity contribution in [3.05, 3.63) is 12.3 Å². The van der Waals surface area contributed by atoms with Crippen LogP contribution in [0.4, 0.5) is 0 Å². The predicted molar refractivity (Wildman–Crippen MR) is 58.6 cm³/mol. The second kappa shape index (κ2) is 3.73. The van der Waals surface area contributed by atoms with Crippen molar-refractivity contribution in [3.8, 4) is 0 Å². The largest absolute Gasteiger partial charge is 0.378 e. The van der Waals surface area contributed by atoms with Gasteiger partial charge in [0.2, 0.25) is 0 Å². The minimum Gasteiger partial charge on any atom is -0.378 e. The van der Waals surface area contributed by atoms with Gasteiger partial charge in [-0.15, -0.1) is 0 Å². The van der Waals surface area contributed by atoms with Crippen molar-refractivity contribution in [1.29, 1.82) is 0 Å². The smallest absolute Gasteiger partial charge is 0.0194 e. The molecule has 13 heavy (non-hydrogen) atoms. The fraction of sp³-hybridized carbons (Fsp3) is 0.833. The van der Waals surface area contributed by atoms with E-state index in [1.165, 1.54) is 25.0 Å². The van der Waals surface area contributed by atoms with E-state index in [0.29, 0.717) is 5.41 Å². The second-order valence-corrected chi connectivity index (χ2v) is 4.85. The summed E-state index contributed by atoms with van der Waals surface area (Å²) in [4.78, 5) is 2.35. The summed E-state index contributed by atoms with van der Waals surface area (Å²) in [5.74, 6) is 0.731. The van der Waals surface area contributed by atoms with Crippen LogP contribution in [0.15, 0.2) is 12.3 Å². The van der Waals surface area contributed by atoms with Crippen molar-refractivity contribution >= 4 is 0 Å². The van der Waals surface area contributed by atoms with Gasteiger partial charge in [0.05, 0.1) is 0 Å². The summed E-state index contributed by atoms with van der Waals surface area (Å²) in [6, 6.07) is 0. The van der Waals surface area contributed by atoms with Crippen molar-refractivity contribution in [1.82, 2.24) is 4.90 Å². The maximum atomic E-state index is 4.24. The molecule has 0 aromatic carbocycles. The summed E-state index contributed by atoms with van der Waals surface area (Å²) >= 11 is 0. The van der Waals surface area contributed by atoms with Crippen LogP contribution in [0.1, 0.15) is 40.0 Å². The summed E-state index contributed by atoms with van der Waals surface area (Å²) in [5, 5.41) is 0. The van der Waals surface area contributed by atoms with Crippen molar-refractivity contribution in [2.24, 2.45) is 11.3 Å². The fourth-order valence-electron chi connectivity index (χ4n) is 2.06. The molecule has 1 fully saturated rings. The SMILES string of the molecule is C=C(N(C)CC(C)C)C1(CC)CC1. The summed E-state index contributed by atoms with van der Waals surface area (Å²) in [7, 11) is 2.18. The van der Waals surface area contributed by atoms with Gasteiger partial charge in [-0.2, -0.15) is 0 Å². The van der Waals surface area contributed by atoms with Crippen LogP contribution in [0.3, 0.4) is 0 Å². The quantitative estimate of drug-likeness (QED) is 0.629. The van der Waals surface area contributed by atoms with Crippen molar-refractivity contribution in [2.75, 3.05) is 13.6 Å². The number of nitrogens with zero attached hydrogens (tertiary/aromatic N) is 1. The highest BCUT2D eigenvalue weighted by Gasteiger charge is 2.44. The molecule has 76 valence electrons. The Hall–Kier alpha value is -0.460. The maximum Gasteiger partial charge on any atom is 0.0194 e. The van der Waals surface area contributed by atoms with Gasteiger partial charge < -0.3 is 4.90 Å². The zero-order chi connectivity index (χ0) is 10.1. The molecule has 0 unspecified atom stereocenters. The fourth-order valence-corrected chi connectivity index (χ4v) is 2.06. The molecule has 0 aromatic rings. The zero-order valence-electron chi connectivity index (χ0n) is 9.56. The van der Waals surface area contributed by atoms with Gasteiger partial charge in [0.1, 0.15) is 0 Å². The van der Waals surface area contributed by atoms with Gasteiger partial charge in [0, 0.05) is 24.7 Å². The highest BCUT2D eigenvalue weighted by Crippen LogP contribution is 2.54. The Morgan fingerprint density at radius 1 is 1.46 bits per heavy atom. The Morgan fingerprint density at radius 3 is 2.31 bits per heavy atom. The zero-order valence-corrected chi connectivity index (χ0v) is 9.56. The standard InChI is InChI=1S/C12H23N/c1-6-12(7-8-12)11(4)13(5)9-10(2)3/h10H,4,6-9H2,1-3,5H3. The van der Waals surface area contributed by atoms with E-state index in [2.05, 4.69) is 39.3 Å². The molecule has 0 bridgehead atoms. The lowest BCUT2D eigenvalue weighted by atomic mass is 9.98. The highest BCUT2D eigenvalue weighted by atomic mass is 15.1. The average Bonchev–Trinajstić information content (AvgIpc) is 2.82. The minimum absolute atomic E-state index is 0.490. The van der Waals surface area contributed by atoms with Gasteiger partial charge >= 0.3 is 0 Å². The van der Waals surface area contributed by atoms with E-state index in [4.69, 9.17) is 0 Å². The van der Waals surface area contributed by atoms with E-state index in [1.54, 1.807) is 0 Å². The first-order chi connectivity index (χ1) is 6.02. The predicted octanol–water partition coefficient (Wildman–Crippen LogP) is 3.28. The highest BCUT2D eigenvalue weighted by molar-refractivity contribution is 5.17. The van der Waals surface area contributed by atoms with Crippen molar-refractivity contribution in [2.45, 2.75) is 40.0 Å². The van der Waals surface area contributed by atoms with Crippen LogP contribution in [-0.4, -0.2) is 18.5 Å². The maximum absolute atomic E-state index is 4.24. The molecule has 1 aliphatic carbocycles. The number of hydrogen-bond donors (Lipinski definition) is 0. The first-order valence-electron chi connectivity index (χ1n) is 5.42. The number of hydrogen-bond acceptors (Lipinski definition) is 1. The normalized spacial score (nSPS) is 18.8. The molecule has 1 heteroatoms. The third kappa shape index (κ3) is 2.26. The van der Waals surface area contributed by atoms with Gasteiger partial charge in [-0.25, -0.2) is 0 Å². The molecule has 1 rings (SSSR count). The van der Waals surface area contributed by atoms with Crippen LogP contribution in [0.25, 0.3) is 0 Å². The van der Waals surface area contributed by atoms with Gasteiger partial charge in [0.25, 0.3) is 0 Å². The van der Waals surface area contributed by atoms with Crippen LogP contribution in [-0.2, 0) is 0 Å². The molecule has 0 heterocycles. The van der Waals surface area contributed by atoms with Crippen molar-refractivity contribution < 1.29 is 0 Å². The molecule has 0 spiro atoms. The monoisotopic (exact) mass is 181 g/mol. The molecule has 0 saturated heterocycles. The Labute approximate surface area is 82.8 Å². The van der Waals surface area contributed by atoms with E-state index >= 15 is 0 Å². The third-order valence-electron chi connectivity index (χ3n) is 3.24. The molecule has 1 saturated carbocycles. The molecule has 0 atom stereocenters. The van der Waals surface area contributed by atoms with E-state index in [-0.39, 0.29) is 0 Å². The summed E-state index contributed by atoms with van der Waals surface area (Å²) in [6.45, 7) is 12.2. The van der Waals surface area contributed by atoms with Gasteiger partial charge in [-0.1, -0.05) is 27.4 Å². The van der Waals surface area contributed by atoms with Crippen LogP contribution in [0, 0.1) is 11.3 Å². The first-order valence-corrected chi connectivity index (χ1v) is 5.42. The number of rotatable bonds is 5. The van der Waals surface area contributed by atoms with Gasteiger partial charge in [-0.3, -0.25) is 0 Å². The van der Waals surface area contributed by atoms with E-state index in [1.807, 2.05) is 0 Å². The molecular weight excluding hydrogens is 158 g/mol. The number of allylic oxidation sites excluding steroid dienone is 1. The molecular formula is C12H23N. The summed E-state index contributed by atoms with van der Waals surface area (Å²) < 4.78 is 0. The minimum atomic E-state index is 0.490. The van der Waals surface area contributed by atoms with Gasteiger partial charge in [0.15, 0.2) is 0 Å². The average molecular weight is 181 g/mol. The van der Waals surface area contributed by atoms with Crippen molar-refractivity contribution in [3.63, 3.8) is 0 Å². The van der Waals surface area contributed by atoms with E-state index in [9.17, 15) is 0 Å². The Balaban J connectivity index is 2.47. The lowest BCUT2D eigenvalue weighted by molar-refractivity contribution is 0.308. The molecule has 0 N–H and O–H groups in total. The van der Waals surface area contributed by atoms with E-state index < -0.39 is 0 Å².